The Labute approximate surface area is 165 Å². The van der Waals surface area contributed by atoms with Crippen molar-refractivity contribution >= 4 is 28.8 Å². The fraction of sp³-hybridized carbons (Fsp3) is 0.333. The minimum absolute atomic E-state index is 0.362. The molecule has 1 aromatic carbocycles. The summed E-state index contributed by atoms with van der Waals surface area (Å²) in [5.74, 6) is -1.46. The average molecular weight is 394 g/mol. The molecule has 6 nitrogen and oxygen atoms in total. The number of fused-ring (bicyclic) bond motifs is 2. The highest BCUT2D eigenvalue weighted by molar-refractivity contribution is 7.10. The van der Waals surface area contributed by atoms with Crippen LogP contribution in [0, 0.1) is 5.92 Å². The highest BCUT2D eigenvalue weighted by atomic mass is 32.1. The molecule has 4 aliphatic heterocycles. The van der Waals surface area contributed by atoms with Gasteiger partial charge in [-0.05, 0) is 30.0 Å². The maximum Gasteiger partial charge on any atom is 0.318 e. The molecule has 1 aromatic heterocycles. The van der Waals surface area contributed by atoms with Crippen LogP contribution in [0.3, 0.4) is 0 Å². The van der Waals surface area contributed by atoms with E-state index in [1.165, 1.54) is 0 Å². The maximum absolute atomic E-state index is 13.3. The lowest BCUT2D eigenvalue weighted by molar-refractivity contribution is -0.178. The van der Waals surface area contributed by atoms with Crippen LogP contribution in [-0.2, 0) is 14.3 Å². The van der Waals surface area contributed by atoms with E-state index in [0.29, 0.717) is 17.7 Å². The van der Waals surface area contributed by atoms with Gasteiger partial charge in [0.25, 0.3) is 0 Å². The Morgan fingerprint density at radius 1 is 1.14 bits per heavy atom. The molecule has 5 heterocycles. The maximum atomic E-state index is 13.3. The number of amides is 2. The van der Waals surface area contributed by atoms with E-state index in [9.17, 15) is 14.7 Å². The number of benzene rings is 1. The summed E-state index contributed by atoms with van der Waals surface area (Å²) in [6, 6.07) is 10.8. The van der Waals surface area contributed by atoms with E-state index >= 15 is 0 Å². The Hall–Kier alpha value is -2.48. The topological polar surface area (TPSA) is 70.1 Å². The van der Waals surface area contributed by atoms with E-state index in [1.54, 1.807) is 34.3 Å². The van der Waals surface area contributed by atoms with Crippen LogP contribution in [0.4, 0.5) is 5.69 Å². The van der Waals surface area contributed by atoms with Gasteiger partial charge < -0.3 is 9.84 Å². The first-order valence-corrected chi connectivity index (χ1v) is 10.2. The molecule has 2 bridgehead atoms. The van der Waals surface area contributed by atoms with E-state index in [1.807, 2.05) is 47.9 Å². The lowest BCUT2D eigenvalue weighted by atomic mass is 9.62. The number of carbonyl (C=O) groups is 2. The fourth-order valence-electron chi connectivity index (χ4n) is 5.71. The van der Waals surface area contributed by atoms with Gasteiger partial charge in [0, 0.05) is 23.5 Å². The number of anilines is 1. The van der Waals surface area contributed by atoms with Crippen LogP contribution < -0.4 is 4.90 Å². The molecule has 28 heavy (non-hydrogen) atoms. The van der Waals surface area contributed by atoms with Crippen molar-refractivity contribution in [2.24, 2.45) is 5.92 Å². The zero-order chi connectivity index (χ0) is 19.3. The van der Waals surface area contributed by atoms with Gasteiger partial charge in [0.1, 0.15) is 17.3 Å². The molecule has 2 aromatic rings. The molecular formula is C21H18N2O4S. The lowest BCUT2D eigenvalue weighted by Crippen LogP contribution is -2.72. The quantitative estimate of drug-likeness (QED) is 0.627. The van der Waals surface area contributed by atoms with Gasteiger partial charge in [0.05, 0.1) is 11.8 Å². The second kappa shape index (κ2) is 5.11. The van der Waals surface area contributed by atoms with E-state index in [2.05, 4.69) is 0 Å². The Kier molecular flexibility index (Phi) is 3.01. The molecule has 7 rings (SSSR count). The van der Waals surface area contributed by atoms with Crippen molar-refractivity contribution < 1.29 is 19.4 Å². The molecule has 1 unspecified atom stereocenters. The van der Waals surface area contributed by atoms with Crippen molar-refractivity contribution in [1.82, 2.24) is 4.90 Å². The molecule has 142 valence electrons. The van der Waals surface area contributed by atoms with Gasteiger partial charge in [0.15, 0.2) is 0 Å². The Morgan fingerprint density at radius 3 is 2.71 bits per heavy atom. The van der Waals surface area contributed by atoms with Crippen LogP contribution in [0.2, 0.25) is 0 Å². The number of aliphatic hydroxyl groups is 1. The Morgan fingerprint density at radius 2 is 1.96 bits per heavy atom. The van der Waals surface area contributed by atoms with Crippen LogP contribution in [0.25, 0.3) is 0 Å². The number of nitrogens with zero attached hydrogens (tertiary/aromatic N) is 2. The molecule has 2 amide bonds. The molecule has 2 fully saturated rings. The predicted octanol–water partition coefficient (Wildman–Crippen LogP) is 2.38. The highest BCUT2D eigenvalue weighted by Crippen LogP contribution is 2.65. The molecule has 1 aliphatic carbocycles. The van der Waals surface area contributed by atoms with Gasteiger partial charge in [-0.2, -0.15) is 0 Å². The number of carbonyl (C=O) groups excluding carboxylic acids is 2. The van der Waals surface area contributed by atoms with E-state index in [4.69, 9.17) is 4.74 Å². The second-order valence-corrected chi connectivity index (χ2v) is 8.80. The van der Waals surface area contributed by atoms with Crippen LogP contribution in [-0.4, -0.2) is 40.2 Å². The van der Waals surface area contributed by atoms with Crippen LogP contribution in [0.5, 0.6) is 0 Å². The zero-order valence-electron chi connectivity index (χ0n) is 15.1. The van der Waals surface area contributed by atoms with Crippen molar-refractivity contribution in [3.63, 3.8) is 0 Å². The summed E-state index contributed by atoms with van der Waals surface area (Å²) in [5, 5.41) is 13.2. The van der Waals surface area contributed by atoms with Crippen LogP contribution >= 0.6 is 11.3 Å². The Bertz CT molecular complexity index is 1050. The molecule has 1 N–H and O–H groups in total. The number of rotatable bonds is 2. The van der Waals surface area contributed by atoms with Gasteiger partial charge in [-0.3, -0.25) is 19.4 Å². The third-order valence-corrected chi connectivity index (χ3v) is 7.76. The number of para-hydroxylation sites is 1. The number of ether oxygens (including phenoxy) is 1. The second-order valence-electron chi connectivity index (χ2n) is 7.82. The van der Waals surface area contributed by atoms with E-state index in [0.717, 1.165) is 4.88 Å². The summed E-state index contributed by atoms with van der Waals surface area (Å²) in [6.45, 7) is 0. The number of methoxy groups -OCH3 is 1. The van der Waals surface area contributed by atoms with Gasteiger partial charge in [-0.25, -0.2) is 0 Å². The minimum Gasteiger partial charge on any atom is -0.388 e. The summed E-state index contributed by atoms with van der Waals surface area (Å²) in [4.78, 5) is 30.8. The van der Waals surface area contributed by atoms with Gasteiger partial charge >= 0.3 is 11.8 Å². The first kappa shape index (κ1) is 16.5. The monoisotopic (exact) mass is 394 g/mol. The molecule has 5 atom stereocenters. The summed E-state index contributed by atoms with van der Waals surface area (Å²) in [5.41, 5.74) is -0.498. The van der Waals surface area contributed by atoms with Crippen molar-refractivity contribution in [3.8, 4) is 0 Å². The van der Waals surface area contributed by atoms with Crippen molar-refractivity contribution in [2.75, 3.05) is 12.0 Å². The first-order chi connectivity index (χ1) is 13.5. The first-order valence-electron chi connectivity index (χ1n) is 9.29. The van der Waals surface area contributed by atoms with Crippen molar-refractivity contribution in [3.05, 3.63) is 64.4 Å². The summed E-state index contributed by atoms with van der Waals surface area (Å²) >= 11 is 1.55. The number of hydrogen-bond acceptors (Lipinski definition) is 5. The third kappa shape index (κ3) is 1.59. The van der Waals surface area contributed by atoms with Gasteiger partial charge in [0.2, 0.25) is 0 Å². The van der Waals surface area contributed by atoms with Gasteiger partial charge in [-0.1, -0.05) is 30.3 Å². The van der Waals surface area contributed by atoms with Crippen LogP contribution in [0.15, 0.2) is 53.9 Å². The molecule has 0 radical (unpaired) electrons. The molecule has 7 heteroatoms. The number of hydrogen-bond donors (Lipinski definition) is 1. The molecule has 2 saturated heterocycles. The van der Waals surface area contributed by atoms with E-state index < -0.39 is 35.2 Å². The standard InChI is InChI=1S/C21H18N2O4S/c1-27-20-8-9-21-13(11-20)16(24)12-5-2-3-6-14(12)22(21)18(25)19(26)23(21)17(20)15-7-4-10-28-15/h2-10,13,16-17,24H,11H2,1H3/t13-,16+,17+,20+,21?/m0/s1. The molecule has 5 aliphatic rings. The number of piperidine rings is 1. The lowest BCUT2D eigenvalue weighted by Gasteiger charge is -2.64. The smallest absolute Gasteiger partial charge is 0.318 e. The largest absolute Gasteiger partial charge is 0.388 e. The minimum atomic E-state index is -1.00. The number of thiophene rings is 1. The third-order valence-electron chi connectivity index (χ3n) is 6.84. The summed E-state index contributed by atoms with van der Waals surface area (Å²) < 4.78 is 6.00. The number of aliphatic hydroxyl groups excluding tert-OH is 1. The summed E-state index contributed by atoms with van der Waals surface area (Å²) in [7, 11) is 1.63. The zero-order valence-corrected chi connectivity index (χ0v) is 15.9. The average Bonchev–Trinajstić information content (AvgIpc) is 3.33. The van der Waals surface area contributed by atoms with Crippen molar-refractivity contribution in [2.45, 2.75) is 29.8 Å². The molecule has 1 spiro atoms. The normalized spacial score (nSPS) is 37.4. The van der Waals surface area contributed by atoms with Crippen molar-refractivity contribution in [1.29, 1.82) is 0 Å². The SMILES string of the molecule is CO[C@]12C=CC34[C@@H](C1)[C@H](O)c1ccccc1N3C(=O)C(=O)N4[C@@H]2c1cccs1. The van der Waals surface area contributed by atoms with Gasteiger partial charge in [-0.15, -0.1) is 11.3 Å². The fourth-order valence-corrected chi connectivity index (χ4v) is 6.61. The summed E-state index contributed by atoms with van der Waals surface area (Å²) in [6.07, 6.45) is 3.61. The Balaban J connectivity index is 1.68. The molecule has 0 saturated carbocycles. The van der Waals surface area contributed by atoms with E-state index in [-0.39, 0.29) is 5.92 Å². The predicted molar refractivity (Wildman–Crippen MR) is 103 cm³/mol. The van der Waals surface area contributed by atoms with Crippen LogP contribution in [0.1, 0.15) is 29.0 Å². The highest BCUT2D eigenvalue weighted by Gasteiger charge is 2.74. The molecular weight excluding hydrogens is 376 g/mol.